The standard InChI is InChI=1S/C25H49IN2O6S2/c1-22(2)8-7-11-27-23(29)9-13-30-16-19-33-20-21-34-25(6,36-35-24(3,4)5)10-14-31-17-18-32-15-12-28-26/h7-8,22,28H,9-21H2,1-6H3,(H,27,29)/b8-7+. The molecule has 0 radical (unpaired) electrons. The zero-order valence-corrected chi connectivity index (χ0v) is 26.9. The molecule has 1 unspecified atom stereocenters. The largest absolute Gasteiger partial charge is 0.379 e. The molecule has 1 atom stereocenters. The Morgan fingerprint density at radius 2 is 1.44 bits per heavy atom. The number of carbonyl (C=O) groups is 1. The van der Waals surface area contributed by atoms with Crippen molar-refractivity contribution in [2.45, 2.75) is 64.1 Å². The molecule has 214 valence electrons. The number of rotatable bonds is 24. The number of ether oxygens (including phenoxy) is 5. The van der Waals surface area contributed by atoms with Crippen molar-refractivity contribution in [3.8, 4) is 0 Å². The van der Waals surface area contributed by atoms with E-state index in [4.69, 9.17) is 23.7 Å². The molecular weight excluding hydrogens is 615 g/mol. The summed E-state index contributed by atoms with van der Waals surface area (Å²) in [6, 6.07) is 0. The Morgan fingerprint density at radius 3 is 2.06 bits per heavy atom. The molecule has 2 N–H and O–H groups in total. The summed E-state index contributed by atoms with van der Waals surface area (Å²) in [5.74, 6) is 0.482. The van der Waals surface area contributed by atoms with E-state index in [2.05, 4.69) is 79.3 Å². The van der Waals surface area contributed by atoms with E-state index in [1.54, 1.807) is 10.8 Å². The van der Waals surface area contributed by atoms with Crippen LogP contribution in [0.15, 0.2) is 12.2 Å². The molecule has 0 saturated heterocycles. The van der Waals surface area contributed by atoms with Crippen molar-refractivity contribution < 1.29 is 28.5 Å². The molecule has 0 aliphatic rings. The van der Waals surface area contributed by atoms with Crippen molar-refractivity contribution in [2.75, 3.05) is 72.6 Å². The van der Waals surface area contributed by atoms with E-state index in [0.717, 1.165) is 13.0 Å². The van der Waals surface area contributed by atoms with Gasteiger partial charge in [0.05, 0.1) is 59.5 Å². The first-order chi connectivity index (χ1) is 17.1. The van der Waals surface area contributed by atoms with Gasteiger partial charge in [0.15, 0.2) is 0 Å². The third-order valence-electron chi connectivity index (χ3n) is 4.30. The summed E-state index contributed by atoms with van der Waals surface area (Å²) in [5.41, 5.74) is 0. The van der Waals surface area contributed by atoms with Crippen LogP contribution >= 0.6 is 44.5 Å². The van der Waals surface area contributed by atoms with Crippen molar-refractivity contribution in [2.24, 2.45) is 5.92 Å². The van der Waals surface area contributed by atoms with E-state index in [-0.39, 0.29) is 15.6 Å². The number of halogens is 1. The highest BCUT2D eigenvalue weighted by atomic mass is 127. The molecule has 0 heterocycles. The summed E-state index contributed by atoms with van der Waals surface area (Å²) in [7, 11) is 3.55. The summed E-state index contributed by atoms with van der Waals surface area (Å²) < 4.78 is 31.7. The van der Waals surface area contributed by atoms with Crippen LogP contribution in [0.25, 0.3) is 0 Å². The fourth-order valence-corrected chi connectivity index (χ4v) is 5.06. The van der Waals surface area contributed by atoms with Gasteiger partial charge in [0.2, 0.25) is 5.91 Å². The lowest BCUT2D eigenvalue weighted by Crippen LogP contribution is -2.29. The first-order valence-corrected chi connectivity index (χ1v) is 15.9. The molecule has 0 aliphatic carbocycles. The number of nitrogens with one attached hydrogen (secondary N) is 2. The molecule has 36 heavy (non-hydrogen) atoms. The molecule has 11 heteroatoms. The first kappa shape index (κ1) is 36.4. The Labute approximate surface area is 241 Å². The molecule has 8 nitrogen and oxygen atoms in total. The molecular formula is C25H49IN2O6S2. The normalized spacial score (nSPS) is 14.0. The molecule has 0 bridgehead atoms. The third kappa shape index (κ3) is 26.0. The Kier molecular flexibility index (Phi) is 23.6. The summed E-state index contributed by atoms with van der Waals surface area (Å²) in [6.45, 7) is 19.0. The van der Waals surface area contributed by atoms with Gasteiger partial charge in [-0.2, -0.15) is 0 Å². The fourth-order valence-electron chi connectivity index (χ4n) is 2.45. The van der Waals surface area contributed by atoms with Gasteiger partial charge in [-0.1, -0.05) is 68.4 Å². The van der Waals surface area contributed by atoms with E-state index >= 15 is 0 Å². The minimum Gasteiger partial charge on any atom is -0.379 e. The number of hydrogen-bond donors (Lipinski definition) is 2. The number of hydrogen-bond acceptors (Lipinski definition) is 9. The highest BCUT2D eigenvalue weighted by Gasteiger charge is 2.29. The monoisotopic (exact) mass is 664 g/mol. The fraction of sp³-hybridized carbons (Fsp3) is 0.880. The minimum absolute atomic E-state index is 0.00681. The maximum Gasteiger partial charge on any atom is 0.222 e. The highest BCUT2D eigenvalue weighted by molar-refractivity contribution is 14.1. The second kappa shape index (κ2) is 23.3. The van der Waals surface area contributed by atoms with Crippen LogP contribution in [0.3, 0.4) is 0 Å². The lowest BCUT2D eigenvalue weighted by atomic mass is 10.2. The summed E-state index contributed by atoms with van der Waals surface area (Å²) in [5, 5.41) is 2.85. The molecule has 1 amide bonds. The number of amides is 1. The lowest BCUT2D eigenvalue weighted by Gasteiger charge is -2.31. The predicted molar refractivity (Wildman–Crippen MR) is 161 cm³/mol. The average Bonchev–Trinajstić information content (AvgIpc) is 2.81. The van der Waals surface area contributed by atoms with E-state index < -0.39 is 0 Å². The number of carbonyl (C=O) groups excluding carboxylic acids is 1. The molecule has 0 fully saturated rings. The van der Waals surface area contributed by atoms with Gasteiger partial charge in [0, 0.05) is 53.5 Å². The molecule has 0 saturated carbocycles. The van der Waals surface area contributed by atoms with Crippen molar-refractivity contribution in [3.63, 3.8) is 0 Å². The maximum absolute atomic E-state index is 11.7. The minimum atomic E-state index is -0.373. The van der Waals surface area contributed by atoms with Gasteiger partial charge in [0.1, 0.15) is 4.93 Å². The maximum atomic E-state index is 11.7. The molecule has 0 aromatic rings. The van der Waals surface area contributed by atoms with Crippen LogP contribution in [-0.2, 0) is 28.5 Å². The van der Waals surface area contributed by atoms with Crippen LogP contribution in [0.5, 0.6) is 0 Å². The summed E-state index contributed by atoms with van der Waals surface area (Å²) >= 11 is 2.11. The molecule has 0 aromatic carbocycles. The van der Waals surface area contributed by atoms with E-state index in [1.807, 2.05) is 16.9 Å². The van der Waals surface area contributed by atoms with Crippen LogP contribution in [0.4, 0.5) is 0 Å². The zero-order valence-electron chi connectivity index (χ0n) is 23.1. The summed E-state index contributed by atoms with van der Waals surface area (Å²) in [6.07, 6.45) is 5.17. The van der Waals surface area contributed by atoms with Crippen LogP contribution in [0.2, 0.25) is 0 Å². The Balaban J connectivity index is 3.98. The molecule has 0 spiro atoms. The van der Waals surface area contributed by atoms with Gasteiger partial charge in [-0.05, 0) is 12.8 Å². The van der Waals surface area contributed by atoms with Gasteiger partial charge >= 0.3 is 0 Å². The van der Waals surface area contributed by atoms with Crippen molar-refractivity contribution in [1.29, 1.82) is 0 Å². The van der Waals surface area contributed by atoms with Crippen molar-refractivity contribution >= 4 is 50.4 Å². The average molecular weight is 665 g/mol. The van der Waals surface area contributed by atoms with Gasteiger partial charge in [-0.25, -0.2) is 0 Å². The molecule has 0 aromatic heterocycles. The van der Waals surface area contributed by atoms with Gasteiger partial charge in [0.25, 0.3) is 0 Å². The van der Waals surface area contributed by atoms with E-state index in [9.17, 15) is 4.79 Å². The van der Waals surface area contributed by atoms with Crippen molar-refractivity contribution in [1.82, 2.24) is 8.85 Å². The third-order valence-corrected chi connectivity index (χ3v) is 8.90. The van der Waals surface area contributed by atoms with Crippen LogP contribution in [0, 0.1) is 5.92 Å². The summed E-state index contributed by atoms with van der Waals surface area (Å²) in [4.78, 5) is 11.4. The van der Waals surface area contributed by atoms with Gasteiger partial charge < -0.3 is 29.0 Å². The topological polar surface area (TPSA) is 87.3 Å². The quantitative estimate of drug-likeness (QED) is 0.0369. The van der Waals surface area contributed by atoms with Crippen LogP contribution in [-0.4, -0.2) is 88.1 Å². The predicted octanol–water partition coefficient (Wildman–Crippen LogP) is 5.01. The van der Waals surface area contributed by atoms with E-state index in [1.165, 1.54) is 0 Å². The molecule has 0 aliphatic heterocycles. The Hall–Kier alpha value is 0.400. The molecule has 0 rings (SSSR count). The van der Waals surface area contributed by atoms with Gasteiger partial charge in [-0.15, -0.1) is 0 Å². The SMILES string of the molecule is CC(C)/C=C/CNC(=O)CCOCCOCCOC(C)(CCOCCOCCNI)SSC(C)(C)C. The second-order valence-corrected chi connectivity index (χ2v) is 13.8. The highest BCUT2D eigenvalue weighted by Crippen LogP contribution is 2.45. The van der Waals surface area contributed by atoms with Gasteiger partial charge in [-0.3, -0.25) is 8.32 Å². The van der Waals surface area contributed by atoms with E-state index in [0.29, 0.717) is 78.3 Å². The smallest absolute Gasteiger partial charge is 0.222 e. The Morgan fingerprint density at radius 1 is 0.861 bits per heavy atom. The van der Waals surface area contributed by atoms with Crippen LogP contribution in [0.1, 0.15) is 54.4 Å². The second-order valence-electron chi connectivity index (χ2n) is 9.57. The van der Waals surface area contributed by atoms with Crippen molar-refractivity contribution in [3.05, 3.63) is 12.2 Å². The lowest BCUT2D eigenvalue weighted by molar-refractivity contribution is -0.122. The Bertz CT molecular complexity index is 567. The zero-order chi connectivity index (χ0) is 27.1. The first-order valence-electron chi connectivity index (χ1n) is 12.7. The van der Waals surface area contributed by atoms with Crippen LogP contribution < -0.4 is 8.85 Å². The number of allylic oxidation sites excluding steroid dienone is 1.